The van der Waals surface area contributed by atoms with Gasteiger partial charge < -0.3 is 10.2 Å². The third-order valence-electron chi connectivity index (χ3n) is 6.80. The summed E-state index contributed by atoms with van der Waals surface area (Å²) < 4.78 is 40.4. The molecule has 0 saturated carbocycles. The van der Waals surface area contributed by atoms with E-state index in [1.54, 1.807) is 18.2 Å². The minimum atomic E-state index is -5.02. The van der Waals surface area contributed by atoms with Gasteiger partial charge in [0.05, 0.1) is 11.4 Å². The van der Waals surface area contributed by atoms with E-state index >= 15 is 0 Å². The molecule has 0 atom stereocenters. The zero-order chi connectivity index (χ0) is 29.2. The van der Waals surface area contributed by atoms with Crippen LogP contribution < -0.4 is 15.4 Å². The van der Waals surface area contributed by atoms with Crippen LogP contribution in [0.15, 0.2) is 42.5 Å². The monoisotopic (exact) mass is 552 g/mol. The number of hydrogen-bond donors (Lipinski definition) is 1. The van der Waals surface area contributed by atoms with Crippen LogP contribution in [-0.4, -0.2) is 45.0 Å². The quantitative estimate of drug-likeness (QED) is 0.287. The van der Waals surface area contributed by atoms with Crippen LogP contribution in [0, 0.1) is 6.92 Å². The highest BCUT2D eigenvalue weighted by Crippen LogP contribution is 2.29. The minimum Gasteiger partial charge on any atom is -0.372 e. The summed E-state index contributed by atoms with van der Waals surface area (Å²) >= 11 is 0. The van der Waals surface area contributed by atoms with Gasteiger partial charge in [0, 0.05) is 35.0 Å². The van der Waals surface area contributed by atoms with E-state index in [-0.39, 0.29) is 22.5 Å². The van der Waals surface area contributed by atoms with Gasteiger partial charge in [0.1, 0.15) is 0 Å². The number of carbonyl (C=O) groups excluding carboxylic acids is 1. The number of aryl methyl sites for hydroxylation is 1. The van der Waals surface area contributed by atoms with E-state index in [4.69, 9.17) is 5.10 Å². The number of para-hydroxylation sites is 1. The highest BCUT2D eigenvalue weighted by Gasteiger charge is 2.39. The van der Waals surface area contributed by atoms with Gasteiger partial charge in [-0.05, 0) is 61.7 Å². The molecule has 0 unspecified atom stereocenters. The maximum atomic E-state index is 13.0. The molecular formula is C30H35F3N6O. The van der Waals surface area contributed by atoms with Crippen molar-refractivity contribution < 1.29 is 18.0 Å². The van der Waals surface area contributed by atoms with Crippen molar-refractivity contribution in [3.63, 3.8) is 0 Å². The van der Waals surface area contributed by atoms with Crippen molar-refractivity contribution in [2.75, 3.05) is 23.3 Å². The average molecular weight is 553 g/mol. The number of anilines is 2. The number of alkyl halides is 3. The fraction of sp³-hybridized carbons (Fsp3) is 0.400. The lowest BCUT2D eigenvalue weighted by atomic mass is 9.90. The van der Waals surface area contributed by atoms with Crippen molar-refractivity contribution in [1.82, 2.24) is 19.8 Å². The number of fused-ring (bicyclic) bond motifs is 1. The Morgan fingerprint density at radius 3 is 2.42 bits per heavy atom. The summed E-state index contributed by atoms with van der Waals surface area (Å²) in [4.78, 5) is 14.0. The van der Waals surface area contributed by atoms with Crippen LogP contribution in [0.2, 0.25) is 0 Å². The topological polar surface area (TPSA) is 75.4 Å². The maximum absolute atomic E-state index is 13.0. The Labute approximate surface area is 232 Å². The fourth-order valence-corrected chi connectivity index (χ4v) is 4.63. The molecule has 212 valence electrons. The molecule has 2 heterocycles. The molecule has 1 N–H and O–H groups in total. The Bertz CT molecular complexity index is 1570. The van der Waals surface area contributed by atoms with Crippen LogP contribution in [0.1, 0.15) is 64.3 Å². The highest BCUT2D eigenvalue weighted by molar-refractivity contribution is 5.98. The number of nitrogens with zero attached hydrogens (tertiary/aromatic N) is 5. The van der Waals surface area contributed by atoms with E-state index in [2.05, 4.69) is 54.1 Å². The van der Waals surface area contributed by atoms with Crippen molar-refractivity contribution in [3.8, 4) is 11.4 Å². The molecule has 0 saturated heterocycles. The van der Waals surface area contributed by atoms with Gasteiger partial charge in [-0.25, -0.2) is 0 Å². The van der Waals surface area contributed by atoms with Crippen LogP contribution in [-0.2, 0) is 10.2 Å². The number of aromatic nitrogens is 4. The lowest BCUT2D eigenvalue weighted by Gasteiger charge is -2.23. The Hall–Kier alpha value is -3.95. The lowest BCUT2D eigenvalue weighted by Crippen LogP contribution is -2.30. The van der Waals surface area contributed by atoms with Gasteiger partial charge in [-0.3, -0.25) is 4.79 Å². The first kappa shape index (κ1) is 29.0. The van der Waals surface area contributed by atoms with Crippen molar-refractivity contribution in [2.45, 2.75) is 66.0 Å². The van der Waals surface area contributed by atoms with E-state index in [1.807, 2.05) is 32.2 Å². The first-order valence-electron chi connectivity index (χ1n) is 13.5. The number of benzene rings is 2. The van der Waals surface area contributed by atoms with Gasteiger partial charge in [0.15, 0.2) is 11.5 Å². The van der Waals surface area contributed by atoms with Crippen molar-refractivity contribution in [1.29, 1.82) is 0 Å². The number of nitrogens with one attached hydrogen (secondary N) is 1. The van der Waals surface area contributed by atoms with E-state index in [1.165, 1.54) is 16.3 Å². The van der Waals surface area contributed by atoms with Gasteiger partial charge in [0.25, 0.3) is 0 Å². The van der Waals surface area contributed by atoms with Crippen LogP contribution in [0.5, 0.6) is 0 Å². The molecule has 0 radical (unpaired) electrons. The lowest BCUT2D eigenvalue weighted by molar-refractivity contribution is -0.167. The van der Waals surface area contributed by atoms with Gasteiger partial charge in [0.2, 0.25) is 0 Å². The molecule has 0 fully saturated rings. The molecule has 4 rings (SSSR count). The molecule has 10 heteroatoms. The number of rotatable bonds is 8. The molecule has 2 aromatic carbocycles. The summed E-state index contributed by atoms with van der Waals surface area (Å²) in [5, 5.41) is 16.2. The van der Waals surface area contributed by atoms with E-state index in [0.29, 0.717) is 5.65 Å². The molecule has 0 aliphatic rings. The summed E-state index contributed by atoms with van der Waals surface area (Å²) in [6, 6.07) is 12.6. The van der Waals surface area contributed by atoms with E-state index < -0.39 is 12.1 Å². The number of amides is 1. The molecule has 0 bridgehead atoms. The fourth-order valence-electron chi connectivity index (χ4n) is 4.63. The molecule has 7 nitrogen and oxygen atoms in total. The Morgan fingerprint density at radius 2 is 1.80 bits per heavy atom. The predicted molar refractivity (Wildman–Crippen MR) is 152 cm³/mol. The zero-order valence-electron chi connectivity index (χ0n) is 23.7. The second-order valence-corrected chi connectivity index (χ2v) is 10.9. The summed E-state index contributed by atoms with van der Waals surface area (Å²) in [5.41, 5.74) is 4.44. The summed E-state index contributed by atoms with van der Waals surface area (Å²) in [6.45, 7) is 14.5. The van der Waals surface area contributed by atoms with Crippen molar-refractivity contribution in [2.24, 2.45) is 0 Å². The number of hydrogen-bond acceptors (Lipinski definition) is 5. The normalized spacial score (nSPS) is 12.8. The van der Waals surface area contributed by atoms with Gasteiger partial charge in [-0.15, -0.1) is 10.2 Å². The van der Waals surface area contributed by atoms with Gasteiger partial charge >= 0.3 is 12.1 Å². The standard InChI is InChI=1S/C30H35F3N6O/c1-7-9-16-38(8-2)21-15-14-20(19(3)17-21)18-23-25(29(4,5)6)37-39-26(35-36-27(23)39)22-12-10-11-13-24(22)34-28(40)30(31,32)33/h10-15,17-18H,7-9,16H2,1-6H3,(H,34,40)/b23-18-. The highest BCUT2D eigenvalue weighted by atomic mass is 19.4. The summed E-state index contributed by atoms with van der Waals surface area (Å²) in [5.74, 6) is -1.82. The molecule has 1 amide bonds. The zero-order valence-corrected chi connectivity index (χ0v) is 23.7. The molecule has 0 aliphatic carbocycles. The van der Waals surface area contributed by atoms with Gasteiger partial charge in [-0.2, -0.15) is 22.8 Å². The smallest absolute Gasteiger partial charge is 0.372 e. The minimum absolute atomic E-state index is 0.0278. The first-order valence-corrected chi connectivity index (χ1v) is 13.5. The van der Waals surface area contributed by atoms with E-state index in [9.17, 15) is 18.0 Å². The number of unbranched alkanes of at least 4 members (excludes halogenated alkanes) is 1. The second kappa shape index (κ2) is 11.3. The SMILES string of the molecule is CCCCN(CC)c1ccc(/C=c2/c(C(C)(C)C)nn3c(-c4ccccc4NC(=O)C(F)(F)F)nnc23)c(C)c1. The molecule has 0 aliphatic heterocycles. The number of halogens is 3. The summed E-state index contributed by atoms with van der Waals surface area (Å²) in [6.07, 6.45) is -0.716. The van der Waals surface area contributed by atoms with Crippen LogP contribution in [0.25, 0.3) is 23.1 Å². The second-order valence-electron chi connectivity index (χ2n) is 10.9. The molecular weight excluding hydrogens is 517 g/mol. The molecule has 0 spiro atoms. The Kier molecular flexibility index (Phi) is 8.18. The molecule has 2 aromatic heterocycles. The number of carbonyl (C=O) groups is 1. The van der Waals surface area contributed by atoms with Crippen molar-refractivity contribution in [3.05, 3.63) is 64.5 Å². The third kappa shape index (κ3) is 5.95. The largest absolute Gasteiger partial charge is 0.471 e. The van der Waals surface area contributed by atoms with Gasteiger partial charge in [-0.1, -0.05) is 52.3 Å². The maximum Gasteiger partial charge on any atom is 0.471 e. The van der Waals surface area contributed by atoms with Crippen LogP contribution in [0.3, 0.4) is 0 Å². The Morgan fingerprint density at radius 1 is 1.07 bits per heavy atom. The Balaban J connectivity index is 1.84. The average Bonchev–Trinajstić information content (AvgIpc) is 3.46. The predicted octanol–water partition coefficient (Wildman–Crippen LogP) is 6.07. The molecule has 4 aromatic rings. The van der Waals surface area contributed by atoms with Crippen LogP contribution in [0.4, 0.5) is 24.5 Å². The van der Waals surface area contributed by atoms with Crippen molar-refractivity contribution >= 4 is 29.0 Å². The molecule has 40 heavy (non-hydrogen) atoms. The summed E-state index contributed by atoms with van der Waals surface area (Å²) in [7, 11) is 0. The first-order chi connectivity index (χ1) is 18.8. The third-order valence-corrected chi connectivity index (χ3v) is 6.80. The van der Waals surface area contributed by atoms with Crippen LogP contribution >= 0.6 is 0 Å². The van der Waals surface area contributed by atoms with E-state index in [0.717, 1.165) is 48.0 Å².